The fourth-order valence-corrected chi connectivity index (χ4v) is 2.78. The van der Waals surface area contributed by atoms with Gasteiger partial charge in [-0.25, -0.2) is 0 Å². The van der Waals surface area contributed by atoms with Crippen LogP contribution in [0, 0.1) is 11.3 Å². The van der Waals surface area contributed by atoms with E-state index in [0.717, 1.165) is 24.3 Å². The summed E-state index contributed by atoms with van der Waals surface area (Å²) in [6, 6.07) is 11.6. The molecule has 0 saturated carbocycles. The van der Waals surface area contributed by atoms with E-state index in [-0.39, 0.29) is 12.4 Å². The van der Waals surface area contributed by atoms with Gasteiger partial charge in [-0.15, -0.1) is 0 Å². The molecule has 0 N–H and O–H groups in total. The van der Waals surface area contributed by atoms with Gasteiger partial charge in [-0.05, 0) is 25.0 Å². The number of nitrogens with zero attached hydrogens (tertiary/aromatic N) is 3. The first kappa shape index (κ1) is 14.3. The Labute approximate surface area is 129 Å². The summed E-state index contributed by atoms with van der Waals surface area (Å²) in [5, 5.41) is 13.3. The average Bonchev–Trinajstić information content (AvgIpc) is 2.91. The number of Topliss-reactive ketones (excluding diaryl/α,β-unsaturated/α-hetero) is 1. The summed E-state index contributed by atoms with van der Waals surface area (Å²) in [4.78, 5) is 12.2. The molecule has 2 aromatic rings. The van der Waals surface area contributed by atoms with Crippen molar-refractivity contribution >= 4 is 5.78 Å². The van der Waals surface area contributed by atoms with Crippen molar-refractivity contribution in [3.05, 3.63) is 47.3 Å². The third-order valence-electron chi connectivity index (χ3n) is 3.78. The number of nitriles is 1. The van der Waals surface area contributed by atoms with Crippen LogP contribution in [0.1, 0.15) is 41.0 Å². The maximum atomic E-state index is 12.2. The van der Waals surface area contributed by atoms with Crippen molar-refractivity contribution in [3.8, 4) is 11.8 Å². The van der Waals surface area contributed by atoms with E-state index in [1.807, 2.05) is 30.3 Å². The SMILES string of the molecule is N#CCCn1nc(COc2ccccc2)c2c1CCCC2=O. The summed E-state index contributed by atoms with van der Waals surface area (Å²) < 4.78 is 7.54. The lowest BCUT2D eigenvalue weighted by molar-refractivity contribution is 0.0969. The van der Waals surface area contributed by atoms with Gasteiger partial charge in [-0.3, -0.25) is 9.48 Å². The second kappa shape index (κ2) is 6.44. The van der Waals surface area contributed by atoms with Crippen LogP contribution in [0.15, 0.2) is 30.3 Å². The van der Waals surface area contributed by atoms with Crippen molar-refractivity contribution in [3.63, 3.8) is 0 Å². The summed E-state index contributed by atoms with van der Waals surface area (Å²) >= 11 is 0. The second-order valence-corrected chi connectivity index (χ2v) is 5.28. The first-order chi connectivity index (χ1) is 10.8. The van der Waals surface area contributed by atoms with Crippen molar-refractivity contribution < 1.29 is 9.53 Å². The molecule has 0 amide bonds. The third kappa shape index (κ3) is 2.86. The van der Waals surface area contributed by atoms with Crippen LogP contribution in [0.25, 0.3) is 0 Å². The molecule has 1 aliphatic carbocycles. The number of benzene rings is 1. The number of para-hydroxylation sites is 1. The maximum Gasteiger partial charge on any atom is 0.166 e. The number of fused-ring (bicyclic) bond motifs is 1. The highest BCUT2D eigenvalue weighted by atomic mass is 16.5. The third-order valence-corrected chi connectivity index (χ3v) is 3.78. The van der Waals surface area contributed by atoms with Crippen LogP contribution in [0.5, 0.6) is 5.75 Å². The van der Waals surface area contributed by atoms with E-state index in [1.54, 1.807) is 4.68 Å². The molecule has 3 rings (SSSR count). The number of ether oxygens (including phenoxy) is 1. The molecule has 0 fully saturated rings. The van der Waals surface area contributed by atoms with Gasteiger partial charge in [0.15, 0.2) is 5.78 Å². The Bertz CT molecular complexity index is 713. The lowest BCUT2D eigenvalue weighted by Gasteiger charge is -2.13. The maximum absolute atomic E-state index is 12.2. The number of ketones is 1. The number of aromatic nitrogens is 2. The Morgan fingerprint density at radius 2 is 2.09 bits per heavy atom. The molecule has 112 valence electrons. The number of hydrogen-bond acceptors (Lipinski definition) is 4. The van der Waals surface area contributed by atoms with Crippen molar-refractivity contribution in [1.29, 1.82) is 5.26 Å². The molecule has 0 bridgehead atoms. The fourth-order valence-electron chi connectivity index (χ4n) is 2.78. The molecule has 0 atom stereocenters. The largest absolute Gasteiger partial charge is 0.487 e. The monoisotopic (exact) mass is 295 g/mol. The summed E-state index contributed by atoms with van der Waals surface area (Å²) in [7, 11) is 0. The predicted octanol–water partition coefficient (Wildman–Crippen LogP) is 2.89. The van der Waals surface area contributed by atoms with Crippen LogP contribution in [0.3, 0.4) is 0 Å². The van der Waals surface area contributed by atoms with Gasteiger partial charge in [0.05, 0.1) is 24.6 Å². The highest BCUT2D eigenvalue weighted by Gasteiger charge is 2.26. The van der Waals surface area contributed by atoms with E-state index in [1.165, 1.54) is 0 Å². The molecular weight excluding hydrogens is 278 g/mol. The summed E-state index contributed by atoms with van der Waals surface area (Å²) in [6.45, 7) is 0.801. The fraction of sp³-hybridized carbons (Fsp3) is 0.353. The highest BCUT2D eigenvalue weighted by Crippen LogP contribution is 2.26. The minimum absolute atomic E-state index is 0.135. The Balaban J connectivity index is 1.85. The van der Waals surface area contributed by atoms with Crippen LogP contribution >= 0.6 is 0 Å². The van der Waals surface area contributed by atoms with Crippen molar-refractivity contribution in [1.82, 2.24) is 9.78 Å². The summed E-state index contributed by atoms with van der Waals surface area (Å²) in [6.07, 6.45) is 2.64. The van der Waals surface area contributed by atoms with Gasteiger partial charge in [-0.1, -0.05) is 18.2 Å². The molecule has 1 aliphatic rings. The number of rotatable bonds is 5. The van der Waals surface area contributed by atoms with Crippen LogP contribution < -0.4 is 4.74 Å². The first-order valence-electron chi connectivity index (χ1n) is 7.46. The Morgan fingerprint density at radius 3 is 2.86 bits per heavy atom. The molecule has 1 aromatic carbocycles. The van der Waals surface area contributed by atoms with Crippen LogP contribution in [-0.2, 0) is 19.6 Å². The Morgan fingerprint density at radius 1 is 1.27 bits per heavy atom. The van der Waals surface area contributed by atoms with Gasteiger partial charge in [0.1, 0.15) is 18.1 Å². The van der Waals surface area contributed by atoms with Gasteiger partial charge in [0, 0.05) is 12.1 Å². The molecule has 0 unspecified atom stereocenters. The van der Waals surface area contributed by atoms with E-state index < -0.39 is 0 Å². The molecule has 0 spiro atoms. The smallest absolute Gasteiger partial charge is 0.166 e. The first-order valence-corrected chi connectivity index (χ1v) is 7.46. The number of hydrogen-bond donors (Lipinski definition) is 0. The zero-order valence-corrected chi connectivity index (χ0v) is 12.3. The van der Waals surface area contributed by atoms with Crippen LogP contribution in [0.2, 0.25) is 0 Å². The Kier molecular flexibility index (Phi) is 4.19. The lowest BCUT2D eigenvalue weighted by atomic mass is 9.94. The Hall–Kier alpha value is -2.61. The highest BCUT2D eigenvalue weighted by molar-refractivity contribution is 5.99. The van der Waals surface area contributed by atoms with Gasteiger partial charge in [0.2, 0.25) is 0 Å². The normalized spacial score (nSPS) is 13.5. The average molecular weight is 295 g/mol. The zero-order valence-electron chi connectivity index (χ0n) is 12.3. The number of carbonyl (C=O) groups excluding carboxylic acids is 1. The molecule has 5 nitrogen and oxygen atoms in total. The molecule has 22 heavy (non-hydrogen) atoms. The van der Waals surface area contributed by atoms with Crippen molar-refractivity contribution in [2.24, 2.45) is 0 Å². The standard InChI is InChI=1S/C17H17N3O2/c18-10-5-11-20-15-8-4-9-16(21)17(15)14(19-20)12-22-13-6-2-1-3-7-13/h1-3,6-7H,4-5,8-9,11-12H2. The number of carbonyl (C=O) groups is 1. The topological polar surface area (TPSA) is 67.9 Å². The zero-order chi connectivity index (χ0) is 15.4. The van der Waals surface area contributed by atoms with Crippen LogP contribution in [0.4, 0.5) is 0 Å². The quantitative estimate of drug-likeness (QED) is 0.850. The van der Waals surface area contributed by atoms with E-state index in [9.17, 15) is 4.79 Å². The summed E-state index contributed by atoms with van der Waals surface area (Å²) in [5.74, 6) is 0.891. The van der Waals surface area contributed by atoms with Gasteiger partial charge in [-0.2, -0.15) is 10.4 Å². The van der Waals surface area contributed by atoms with Crippen LogP contribution in [-0.4, -0.2) is 15.6 Å². The molecule has 1 heterocycles. The lowest BCUT2D eigenvalue weighted by Crippen LogP contribution is -2.14. The summed E-state index contributed by atoms with van der Waals surface area (Å²) in [5.41, 5.74) is 2.35. The van der Waals surface area contributed by atoms with Gasteiger partial charge < -0.3 is 4.74 Å². The van der Waals surface area contributed by atoms with Crippen molar-refractivity contribution in [2.45, 2.75) is 38.8 Å². The van der Waals surface area contributed by atoms with Crippen molar-refractivity contribution in [2.75, 3.05) is 0 Å². The van der Waals surface area contributed by atoms with Gasteiger partial charge in [0.25, 0.3) is 0 Å². The van der Waals surface area contributed by atoms with E-state index in [4.69, 9.17) is 10.00 Å². The van der Waals surface area contributed by atoms with E-state index >= 15 is 0 Å². The molecule has 0 aliphatic heterocycles. The van der Waals surface area contributed by atoms with E-state index in [0.29, 0.717) is 30.6 Å². The molecule has 1 aromatic heterocycles. The predicted molar refractivity (Wildman–Crippen MR) is 80.5 cm³/mol. The minimum atomic E-state index is 0.135. The van der Waals surface area contributed by atoms with Gasteiger partial charge >= 0.3 is 0 Å². The minimum Gasteiger partial charge on any atom is -0.487 e. The molecule has 0 radical (unpaired) electrons. The van der Waals surface area contributed by atoms with E-state index in [2.05, 4.69) is 11.2 Å². The molecular formula is C17H17N3O2. The second-order valence-electron chi connectivity index (χ2n) is 5.28. The molecule has 5 heteroatoms. The number of aryl methyl sites for hydroxylation is 1. The molecule has 0 saturated heterocycles.